The summed E-state index contributed by atoms with van der Waals surface area (Å²) in [5.41, 5.74) is 12.0. The van der Waals surface area contributed by atoms with Gasteiger partial charge in [-0.2, -0.15) is 0 Å². The molecular weight excluding hydrogens is 769 g/mol. The van der Waals surface area contributed by atoms with Crippen LogP contribution in [0.5, 0.6) is 0 Å². The normalized spacial score (nSPS) is 20.4. The average Bonchev–Trinajstić information content (AvgIpc) is 3.29. The van der Waals surface area contributed by atoms with Crippen LogP contribution in [0.1, 0.15) is 53.1 Å². The van der Waals surface area contributed by atoms with Crippen LogP contribution in [0.2, 0.25) is 0 Å². The number of benzene rings is 5. The summed E-state index contributed by atoms with van der Waals surface area (Å²) in [7, 11) is 0. The van der Waals surface area contributed by atoms with Crippen LogP contribution in [0.4, 0.5) is 0 Å². The van der Waals surface area contributed by atoms with Crippen LogP contribution in [0, 0.1) is 0 Å². The number of carbonyl (C=O) groups excluding carboxylic acids is 1. The van der Waals surface area contributed by atoms with E-state index in [1.54, 1.807) is 0 Å². The molecule has 10 heteroatoms. The van der Waals surface area contributed by atoms with Gasteiger partial charge in [0.15, 0.2) is 0 Å². The Morgan fingerprint density at radius 1 is 0.623 bits per heavy atom. The fourth-order valence-corrected chi connectivity index (χ4v) is 7.73. The fourth-order valence-electron chi connectivity index (χ4n) is 7.73. The maximum Gasteiger partial charge on any atom is 0.224 e. The summed E-state index contributed by atoms with van der Waals surface area (Å²) in [5.74, 6) is -0.254. The zero-order valence-corrected chi connectivity index (χ0v) is 35.2. The summed E-state index contributed by atoms with van der Waals surface area (Å²) in [6, 6.07) is 47.1. The van der Waals surface area contributed by atoms with Crippen molar-refractivity contribution in [1.82, 2.24) is 5.32 Å². The average molecular weight is 831 g/mol. The third-order valence-electron chi connectivity index (χ3n) is 11.1. The lowest BCUT2D eigenvalue weighted by Crippen LogP contribution is -2.61. The Kier molecular flexibility index (Phi) is 18.5. The van der Waals surface area contributed by atoms with E-state index in [1.807, 2.05) is 121 Å². The topological polar surface area (TPSA) is 142 Å². The molecule has 0 aromatic heterocycles. The molecule has 0 saturated carbocycles. The second kappa shape index (κ2) is 24.6. The van der Waals surface area contributed by atoms with Crippen LogP contribution < -0.4 is 11.1 Å². The Labute approximate surface area is 361 Å². The second-order valence-electron chi connectivity index (χ2n) is 15.8. The van der Waals surface area contributed by atoms with E-state index in [4.69, 9.17) is 29.4 Å². The fraction of sp³-hybridized carbons (Fsp3) is 0.392. The first-order valence-corrected chi connectivity index (χ1v) is 21.5. The van der Waals surface area contributed by atoms with Crippen molar-refractivity contribution in [3.05, 3.63) is 179 Å². The van der Waals surface area contributed by atoms with Gasteiger partial charge in [-0.05, 0) is 72.5 Å². The van der Waals surface area contributed by atoms with Gasteiger partial charge in [-0.25, -0.2) is 0 Å². The van der Waals surface area contributed by atoms with Crippen LogP contribution in [0.15, 0.2) is 146 Å². The molecule has 1 aliphatic heterocycles. The van der Waals surface area contributed by atoms with E-state index in [2.05, 4.69) is 29.6 Å². The number of nitrogens with two attached hydrogens (primary N) is 1. The van der Waals surface area contributed by atoms with Crippen molar-refractivity contribution < 1.29 is 38.7 Å². The van der Waals surface area contributed by atoms with Gasteiger partial charge in [0, 0.05) is 0 Å². The third-order valence-corrected chi connectivity index (χ3v) is 11.1. The first-order chi connectivity index (χ1) is 29.9. The lowest BCUT2D eigenvalue weighted by atomic mass is 9.89. The Hall–Kier alpha value is -4.75. The van der Waals surface area contributed by atoms with E-state index in [9.17, 15) is 15.0 Å². The maximum atomic E-state index is 13.4. The molecule has 0 bridgehead atoms. The van der Waals surface area contributed by atoms with Gasteiger partial charge in [0.05, 0.1) is 63.8 Å². The van der Waals surface area contributed by atoms with Crippen molar-refractivity contribution in [3.63, 3.8) is 0 Å². The summed E-state index contributed by atoms with van der Waals surface area (Å²) in [4.78, 5) is 13.4. The molecule has 1 amide bonds. The highest BCUT2D eigenvalue weighted by molar-refractivity contribution is 5.78. The van der Waals surface area contributed by atoms with E-state index in [-0.39, 0.29) is 25.4 Å². The molecule has 6 rings (SSSR count). The van der Waals surface area contributed by atoms with Gasteiger partial charge < -0.3 is 44.9 Å². The molecule has 1 heterocycles. The zero-order chi connectivity index (χ0) is 42.7. The molecule has 0 radical (unpaired) electrons. The number of carbonyl (C=O) groups is 1. The van der Waals surface area contributed by atoms with E-state index in [1.165, 1.54) is 12.5 Å². The minimum atomic E-state index is -1.22. The van der Waals surface area contributed by atoms with Crippen LogP contribution >= 0.6 is 0 Å². The van der Waals surface area contributed by atoms with Crippen LogP contribution in [0.25, 0.3) is 0 Å². The minimum absolute atomic E-state index is 0.139. The molecule has 61 heavy (non-hydrogen) atoms. The molecule has 1 saturated heterocycles. The predicted molar refractivity (Wildman–Crippen MR) is 236 cm³/mol. The Balaban J connectivity index is 1.28. The van der Waals surface area contributed by atoms with E-state index >= 15 is 0 Å². The van der Waals surface area contributed by atoms with E-state index in [0.717, 1.165) is 34.2 Å². The minimum Gasteiger partial charge on any atom is -0.391 e. The summed E-state index contributed by atoms with van der Waals surface area (Å²) in [6.07, 6.45) is -2.93. The van der Waals surface area contributed by atoms with Crippen LogP contribution in [-0.2, 0) is 67.6 Å². The monoisotopic (exact) mass is 830 g/mol. The summed E-state index contributed by atoms with van der Waals surface area (Å²) >= 11 is 0. The van der Waals surface area contributed by atoms with Gasteiger partial charge >= 0.3 is 0 Å². The molecule has 1 fully saturated rings. The van der Waals surface area contributed by atoms with E-state index in [0.29, 0.717) is 45.8 Å². The molecule has 324 valence electrons. The number of hydrogen-bond acceptors (Lipinski definition) is 9. The molecule has 1 aliphatic rings. The van der Waals surface area contributed by atoms with Crippen molar-refractivity contribution >= 4 is 5.91 Å². The molecule has 10 nitrogen and oxygen atoms in total. The maximum absolute atomic E-state index is 13.4. The number of aliphatic hydroxyl groups is 2. The van der Waals surface area contributed by atoms with Crippen molar-refractivity contribution in [2.45, 2.75) is 108 Å². The van der Waals surface area contributed by atoms with Crippen molar-refractivity contribution in [1.29, 1.82) is 0 Å². The predicted octanol–water partition coefficient (Wildman–Crippen LogP) is 6.52. The number of aliphatic hydroxyl groups excluding tert-OH is 2. The highest BCUT2D eigenvalue weighted by atomic mass is 16.6. The number of ether oxygens (including phenoxy) is 5. The Bertz CT molecular complexity index is 1950. The molecule has 5 unspecified atom stereocenters. The van der Waals surface area contributed by atoms with Gasteiger partial charge in [-0.1, -0.05) is 146 Å². The lowest BCUT2D eigenvalue weighted by molar-refractivity contribution is -0.273. The van der Waals surface area contributed by atoms with E-state index < -0.39 is 48.8 Å². The summed E-state index contributed by atoms with van der Waals surface area (Å²) in [6.45, 7) is 3.74. The second-order valence-corrected chi connectivity index (χ2v) is 15.8. The number of nitrogens with one attached hydrogen (secondary N) is 1. The van der Waals surface area contributed by atoms with Crippen molar-refractivity contribution in [2.24, 2.45) is 5.73 Å². The van der Waals surface area contributed by atoms with Crippen molar-refractivity contribution in [3.8, 4) is 0 Å². The molecule has 0 aliphatic carbocycles. The molecule has 5 aromatic carbocycles. The molecule has 0 spiro atoms. The van der Waals surface area contributed by atoms with Crippen molar-refractivity contribution in [2.75, 3.05) is 19.8 Å². The largest absolute Gasteiger partial charge is 0.391 e. The van der Waals surface area contributed by atoms with Crippen LogP contribution in [-0.4, -0.2) is 84.6 Å². The summed E-state index contributed by atoms with van der Waals surface area (Å²) in [5, 5.41) is 24.8. The number of hydrogen-bond donors (Lipinski definition) is 4. The Morgan fingerprint density at radius 3 is 1.57 bits per heavy atom. The summed E-state index contributed by atoms with van der Waals surface area (Å²) < 4.78 is 34.0. The lowest BCUT2D eigenvalue weighted by Gasteiger charge is -2.46. The Morgan fingerprint density at radius 2 is 1.08 bits per heavy atom. The first kappa shape index (κ1) is 45.8. The number of amides is 1. The first-order valence-electron chi connectivity index (χ1n) is 21.5. The molecular formula is C51H62N2O8. The van der Waals surface area contributed by atoms with Gasteiger partial charge in [0.25, 0.3) is 0 Å². The zero-order valence-electron chi connectivity index (χ0n) is 35.2. The van der Waals surface area contributed by atoms with Gasteiger partial charge in [0.1, 0.15) is 24.4 Å². The standard InChI is InChI=1S/C51H62N2O8/c1-37(54)48(56)44(53-47(55)32-40-14-6-2-7-15-40)26-27-45-49(58-33-41-16-8-3-9-17-41)51(60-35-43-20-12-5-13-21-43)50(59-34-42-18-10-4-11-19-42)46(61-45)36-57-31-29-39-24-22-38(23-25-39)28-30-52/h2-25,37,44-46,48-51,54,56H,26-36,52H2,1H3,(H,53,55)/t37-,44+,45?,46?,48-,49?,50?,51?/m1/s1. The van der Waals surface area contributed by atoms with Gasteiger partial charge in [-0.3, -0.25) is 4.79 Å². The highest BCUT2D eigenvalue weighted by Crippen LogP contribution is 2.33. The molecule has 5 N–H and O–H groups in total. The van der Waals surface area contributed by atoms with Gasteiger partial charge in [0.2, 0.25) is 5.91 Å². The molecule has 5 aromatic rings. The smallest absolute Gasteiger partial charge is 0.224 e. The third kappa shape index (κ3) is 14.7. The quantitative estimate of drug-likeness (QED) is 0.0512. The van der Waals surface area contributed by atoms with Crippen LogP contribution in [0.3, 0.4) is 0 Å². The number of rotatable bonds is 24. The SMILES string of the molecule is C[C@@H](O)[C@@H](O)[C@H](CCC1OC(COCCc2ccc(CCN)cc2)C(OCc2ccccc2)C(OCc2ccccc2)C1OCc1ccccc1)NC(=O)Cc1ccccc1. The molecule has 8 atom stereocenters. The highest BCUT2D eigenvalue weighted by Gasteiger charge is 2.48. The van der Waals surface area contributed by atoms with Gasteiger partial charge in [-0.15, -0.1) is 0 Å².